The molecule has 1 aliphatic rings. The number of piperidine rings is 1. The fraction of sp³-hybridized carbons (Fsp3) is 0.438. The van der Waals surface area contributed by atoms with Gasteiger partial charge in [0, 0.05) is 25.1 Å². The van der Waals surface area contributed by atoms with Gasteiger partial charge >= 0.3 is 0 Å². The summed E-state index contributed by atoms with van der Waals surface area (Å²) in [5.41, 5.74) is 5.36. The lowest BCUT2D eigenvalue weighted by molar-refractivity contribution is 0.203. The molecule has 0 spiro atoms. The number of anilines is 2. The van der Waals surface area contributed by atoms with Gasteiger partial charge in [-0.25, -0.2) is 4.98 Å². The summed E-state index contributed by atoms with van der Waals surface area (Å²) in [6.45, 7) is 3.10. The molecule has 21 heavy (non-hydrogen) atoms. The van der Waals surface area contributed by atoms with Crippen molar-refractivity contribution in [2.24, 2.45) is 5.92 Å². The zero-order chi connectivity index (χ0) is 14.5. The molecule has 0 amide bonds. The van der Waals surface area contributed by atoms with Crippen LogP contribution in [0.5, 0.6) is 0 Å². The van der Waals surface area contributed by atoms with E-state index in [0.717, 1.165) is 43.9 Å². The van der Waals surface area contributed by atoms with Crippen molar-refractivity contribution in [1.29, 1.82) is 0 Å². The molecular formula is C16H21N3OS. The molecule has 1 aromatic carbocycles. The van der Waals surface area contributed by atoms with E-state index in [2.05, 4.69) is 44.8 Å². The molecule has 0 saturated carbocycles. The molecule has 1 aromatic heterocycles. The van der Waals surface area contributed by atoms with E-state index in [1.807, 2.05) is 5.51 Å². The van der Waals surface area contributed by atoms with Gasteiger partial charge in [-0.3, -0.25) is 0 Å². The average molecular weight is 303 g/mol. The lowest BCUT2D eigenvalue weighted by atomic mass is 9.97. The number of hydrogen-bond donors (Lipinski definition) is 2. The highest BCUT2D eigenvalue weighted by Gasteiger charge is 2.20. The van der Waals surface area contributed by atoms with E-state index in [9.17, 15) is 5.11 Å². The molecule has 0 radical (unpaired) electrons. The normalized spacial score (nSPS) is 16.1. The maximum absolute atomic E-state index is 9.26. The van der Waals surface area contributed by atoms with Gasteiger partial charge < -0.3 is 15.3 Å². The first-order chi connectivity index (χ1) is 10.4. The van der Waals surface area contributed by atoms with Crippen LogP contribution in [-0.2, 0) is 6.54 Å². The summed E-state index contributed by atoms with van der Waals surface area (Å²) in [5.74, 6) is 0.469. The van der Waals surface area contributed by atoms with Crippen molar-refractivity contribution in [2.75, 3.05) is 29.9 Å². The number of nitrogens with one attached hydrogen (secondary N) is 1. The van der Waals surface area contributed by atoms with Gasteiger partial charge in [-0.2, -0.15) is 0 Å². The quantitative estimate of drug-likeness (QED) is 0.891. The van der Waals surface area contributed by atoms with Gasteiger partial charge in [-0.05, 0) is 30.9 Å². The van der Waals surface area contributed by atoms with Crippen molar-refractivity contribution >= 4 is 22.7 Å². The van der Waals surface area contributed by atoms with Crippen molar-refractivity contribution in [1.82, 2.24) is 4.98 Å². The summed E-state index contributed by atoms with van der Waals surface area (Å²) in [7, 11) is 0. The molecule has 1 aliphatic heterocycles. The molecule has 112 valence electrons. The highest BCUT2D eigenvalue weighted by Crippen LogP contribution is 2.29. The van der Waals surface area contributed by atoms with Gasteiger partial charge in [0.25, 0.3) is 0 Å². The van der Waals surface area contributed by atoms with Crippen molar-refractivity contribution in [2.45, 2.75) is 19.4 Å². The molecule has 2 N–H and O–H groups in total. The summed E-state index contributed by atoms with van der Waals surface area (Å²) < 4.78 is 0. The summed E-state index contributed by atoms with van der Waals surface area (Å²) in [6, 6.07) is 8.44. The minimum atomic E-state index is 0.317. The molecule has 1 saturated heterocycles. The van der Waals surface area contributed by atoms with Crippen LogP contribution in [0, 0.1) is 5.92 Å². The van der Waals surface area contributed by atoms with Gasteiger partial charge in [0.2, 0.25) is 0 Å². The standard InChI is InChI=1S/C16H21N3OS/c20-10-13-5-7-19(8-6-13)16-4-2-1-3-15(16)17-9-14-11-21-12-18-14/h1-4,11-13,17,20H,5-10H2. The smallest absolute Gasteiger partial charge is 0.0795 e. The second-order valence-electron chi connectivity index (χ2n) is 5.46. The summed E-state index contributed by atoms with van der Waals surface area (Å²) in [5, 5.41) is 14.8. The maximum atomic E-state index is 9.26. The van der Waals surface area contributed by atoms with Gasteiger partial charge in [0.15, 0.2) is 0 Å². The SMILES string of the molecule is OCC1CCN(c2ccccc2NCc2cscn2)CC1. The fourth-order valence-electron chi connectivity index (χ4n) is 2.77. The van der Waals surface area contributed by atoms with E-state index in [1.54, 1.807) is 11.3 Å². The first-order valence-corrected chi connectivity index (χ1v) is 8.37. The van der Waals surface area contributed by atoms with Crippen molar-refractivity contribution in [3.05, 3.63) is 40.8 Å². The van der Waals surface area contributed by atoms with Gasteiger partial charge in [0.1, 0.15) is 0 Å². The molecule has 2 aromatic rings. The van der Waals surface area contributed by atoms with Gasteiger partial charge in [0.05, 0.1) is 29.1 Å². The Kier molecular flexibility index (Phi) is 4.72. The van der Waals surface area contributed by atoms with Gasteiger partial charge in [-0.1, -0.05) is 12.1 Å². The van der Waals surface area contributed by atoms with Crippen LogP contribution in [0.2, 0.25) is 0 Å². The lowest BCUT2D eigenvalue weighted by Crippen LogP contribution is -2.35. The fourth-order valence-corrected chi connectivity index (χ4v) is 3.32. The predicted octanol–water partition coefficient (Wildman–Crippen LogP) is 2.96. The Labute approximate surface area is 129 Å². The highest BCUT2D eigenvalue weighted by atomic mass is 32.1. The first kappa shape index (κ1) is 14.4. The van der Waals surface area contributed by atoms with Crippen LogP contribution in [0.25, 0.3) is 0 Å². The Morgan fingerprint density at radius 2 is 2.10 bits per heavy atom. The summed E-state index contributed by atoms with van der Waals surface area (Å²) in [6.07, 6.45) is 2.13. The minimum absolute atomic E-state index is 0.317. The number of nitrogens with zero attached hydrogens (tertiary/aromatic N) is 2. The van der Waals surface area contributed by atoms with Crippen molar-refractivity contribution in [3.63, 3.8) is 0 Å². The molecule has 0 aliphatic carbocycles. The molecule has 0 atom stereocenters. The van der Waals surface area contributed by atoms with E-state index >= 15 is 0 Å². The van der Waals surface area contributed by atoms with Crippen molar-refractivity contribution in [3.8, 4) is 0 Å². The number of aliphatic hydroxyl groups is 1. The molecule has 2 heterocycles. The number of aliphatic hydroxyl groups excluding tert-OH is 1. The number of hydrogen-bond acceptors (Lipinski definition) is 5. The predicted molar refractivity (Wildman–Crippen MR) is 87.9 cm³/mol. The van der Waals surface area contributed by atoms with Crippen LogP contribution in [0.3, 0.4) is 0 Å². The average Bonchev–Trinajstić information content (AvgIpc) is 3.07. The molecule has 5 heteroatoms. The van der Waals surface area contributed by atoms with E-state index in [-0.39, 0.29) is 0 Å². The number of rotatable bonds is 5. The van der Waals surface area contributed by atoms with E-state index < -0.39 is 0 Å². The summed E-state index contributed by atoms with van der Waals surface area (Å²) in [4.78, 5) is 6.72. The number of aromatic nitrogens is 1. The van der Waals surface area contributed by atoms with Crippen molar-refractivity contribution < 1.29 is 5.11 Å². The number of thiazole rings is 1. The first-order valence-electron chi connectivity index (χ1n) is 7.42. The Hall–Kier alpha value is -1.59. The zero-order valence-electron chi connectivity index (χ0n) is 12.0. The van der Waals surface area contributed by atoms with E-state index in [1.165, 1.54) is 5.69 Å². The molecule has 1 fully saturated rings. The summed E-state index contributed by atoms with van der Waals surface area (Å²) >= 11 is 1.62. The monoisotopic (exact) mass is 303 g/mol. The maximum Gasteiger partial charge on any atom is 0.0795 e. The Bertz CT molecular complexity index is 550. The van der Waals surface area contributed by atoms with Crippen LogP contribution < -0.4 is 10.2 Å². The largest absolute Gasteiger partial charge is 0.396 e. The molecule has 0 unspecified atom stereocenters. The minimum Gasteiger partial charge on any atom is -0.396 e. The van der Waals surface area contributed by atoms with Gasteiger partial charge in [-0.15, -0.1) is 11.3 Å². The molecule has 4 nitrogen and oxygen atoms in total. The van der Waals surface area contributed by atoms with E-state index in [4.69, 9.17) is 0 Å². The molecular weight excluding hydrogens is 282 g/mol. The second-order valence-corrected chi connectivity index (χ2v) is 6.18. The van der Waals surface area contributed by atoms with Crippen LogP contribution in [0.1, 0.15) is 18.5 Å². The lowest BCUT2D eigenvalue weighted by Gasteiger charge is -2.34. The third-order valence-electron chi connectivity index (χ3n) is 4.06. The Morgan fingerprint density at radius 1 is 1.29 bits per heavy atom. The zero-order valence-corrected chi connectivity index (χ0v) is 12.9. The van der Waals surface area contributed by atoms with Crippen LogP contribution in [-0.4, -0.2) is 29.8 Å². The molecule has 3 rings (SSSR count). The molecule has 0 bridgehead atoms. The third kappa shape index (κ3) is 3.54. The Balaban J connectivity index is 1.67. The topological polar surface area (TPSA) is 48.4 Å². The second kappa shape index (κ2) is 6.91. The Morgan fingerprint density at radius 3 is 2.81 bits per heavy atom. The third-order valence-corrected chi connectivity index (χ3v) is 4.70. The highest BCUT2D eigenvalue weighted by molar-refractivity contribution is 7.07. The number of para-hydroxylation sites is 2. The van der Waals surface area contributed by atoms with E-state index in [0.29, 0.717) is 12.5 Å². The van der Waals surface area contributed by atoms with Crippen LogP contribution in [0.4, 0.5) is 11.4 Å². The van der Waals surface area contributed by atoms with Crippen LogP contribution >= 0.6 is 11.3 Å². The van der Waals surface area contributed by atoms with Crippen LogP contribution in [0.15, 0.2) is 35.2 Å². The number of benzene rings is 1.